The smallest absolute Gasteiger partial charge is 0.245 e. The lowest BCUT2D eigenvalue weighted by atomic mass is 9.99. The normalized spacial score (nSPS) is 17.7. The molecular formula is C23H25N3O3S. The predicted molar refractivity (Wildman–Crippen MR) is 116 cm³/mol. The Morgan fingerprint density at radius 3 is 2.70 bits per heavy atom. The zero-order chi connectivity index (χ0) is 21.0. The van der Waals surface area contributed by atoms with E-state index >= 15 is 0 Å². The van der Waals surface area contributed by atoms with Gasteiger partial charge < -0.3 is 5.32 Å². The van der Waals surface area contributed by atoms with Gasteiger partial charge in [-0.3, -0.25) is 9.78 Å². The molecule has 1 aliphatic heterocycles. The Morgan fingerprint density at radius 2 is 1.87 bits per heavy atom. The van der Waals surface area contributed by atoms with Crippen LogP contribution in [0.4, 0.5) is 0 Å². The molecule has 2 aromatic carbocycles. The lowest BCUT2D eigenvalue weighted by Gasteiger charge is -2.31. The number of pyridine rings is 1. The summed E-state index contributed by atoms with van der Waals surface area (Å²) in [5.41, 5.74) is 1.63. The van der Waals surface area contributed by atoms with Gasteiger partial charge in [0.05, 0.1) is 11.4 Å². The Hall–Kier alpha value is -2.77. The van der Waals surface area contributed by atoms with Crippen molar-refractivity contribution in [2.24, 2.45) is 5.92 Å². The zero-order valence-electron chi connectivity index (χ0n) is 16.7. The minimum absolute atomic E-state index is 0.0816. The van der Waals surface area contributed by atoms with Crippen molar-refractivity contribution in [1.82, 2.24) is 14.6 Å². The second kappa shape index (κ2) is 8.93. The molecule has 7 heteroatoms. The van der Waals surface area contributed by atoms with Gasteiger partial charge in [0.2, 0.25) is 15.9 Å². The van der Waals surface area contributed by atoms with Crippen molar-refractivity contribution in [3.8, 4) is 0 Å². The first-order valence-electron chi connectivity index (χ1n) is 10.2. The van der Waals surface area contributed by atoms with Gasteiger partial charge in [-0.05, 0) is 37.0 Å². The van der Waals surface area contributed by atoms with Gasteiger partial charge in [-0.2, -0.15) is 4.31 Å². The molecule has 0 bridgehead atoms. The SMILES string of the molecule is O=C(NCCc1ccccc1)[C@@H]1CCCN(S(=O)(=O)c2cccc3cccnc23)C1. The highest BCUT2D eigenvalue weighted by Gasteiger charge is 2.34. The Labute approximate surface area is 177 Å². The number of nitrogens with one attached hydrogen (secondary N) is 1. The van der Waals surface area contributed by atoms with Gasteiger partial charge in [0, 0.05) is 31.2 Å². The summed E-state index contributed by atoms with van der Waals surface area (Å²) in [6.45, 7) is 1.15. The number of carbonyl (C=O) groups is 1. The number of hydrogen-bond donors (Lipinski definition) is 1. The van der Waals surface area contributed by atoms with Gasteiger partial charge in [0.1, 0.15) is 4.90 Å². The van der Waals surface area contributed by atoms with Crippen LogP contribution in [0.25, 0.3) is 10.9 Å². The first kappa shape index (κ1) is 20.5. The van der Waals surface area contributed by atoms with Crippen molar-refractivity contribution < 1.29 is 13.2 Å². The molecule has 0 radical (unpaired) electrons. The molecule has 1 aliphatic rings. The van der Waals surface area contributed by atoms with Crippen LogP contribution in [-0.4, -0.2) is 43.2 Å². The fourth-order valence-corrected chi connectivity index (χ4v) is 5.61. The van der Waals surface area contributed by atoms with Crippen molar-refractivity contribution in [3.05, 3.63) is 72.4 Å². The summed E-state index contributed by atoms with van der Waals surface area (Å²) in [5.74, 6) is -0.422. The standard InChI is InChI=1S/C23H25N3O3S/c27-23(25-15-13-18-7-2-1-3-8-18)20-11-6-16-26(17-20)30(28,29)21-12-4-9-19-10-5-14-24-22(19)21/h1-5,7-10,12,14,20H,6,11,13,15-17H2,(H,25,27)/t20-/m1/s1. The highest BCUT2D eigenvalue weighted by atomic mass is 32.2. The molecule has 0 unspecified atom stereocenters. The summed E-state index contributed by atoms with van der Waals surface area (Å²) in [4.78, 5) is 17.1. The van der Waals surface area contributed by atoms with Crippen LogP contribution >= 0.6 is 0 Å². The fourth-order valence-electron chi connectivity index (χ4n) is 3.92. The minimum atomic E-state index is -3.73. The Kier molecular flexibility index (Phi) is 6.11. The highest BCUT2D eigenvalue weighted by molar-refractivity contribution is 7.89. The van der Waals surface area contributed by atoms with E-state index in [0.717, 1.165) is 17.4 Å². The number of piperidine rings is 1. The maximum Gasteiger partial charge on any atom is 0.245 e. The number of nitrogens with zero attached hydrogens (tertiary/aromatic N) is 2. The van der Waals surface area contributed by atoms with E-state index in [1.807, 2.05) is 42.5 Å². The quantitative estimate of drug-likeness (QED) is 0.661. The van der Waals surface area contributed by atoms with Crippen LogP contribution in [0.5, 0.6) is 0 Å². The number of para-hydroxylation sites is 1. The number of sulfonamides is 1. The number of hydrogen-bond acceptors (Lipinski definition) is 4. The predicted octanol–water partition coefficient (Wildman–Crippen LogP) is 2.99. The Morgan fingerprint density at radius 1 is 1.07 bits per heavy atom. The topological polar surface area (TPSA) is 79.4 Å². The number of fused-ring (bicyclic) bond motifs is 1. The van der Waals surface area contributed by atoms with Crippen LogP contribution in [0.15, 0.2) is 71.8 Å². The molecule has 156 valence electrons. The first-order chi connectivity index (χ1) is 14.6. The van der Waals surface area contributed by atoms with Crippen molar-refractivity contribution >= 4 is 26.8 Å². The fraction of sp³-hybridized carbons (Fsp3) is 0.304. The number of benzene rings is 2. The van der Waals surface area contributed by atoms with Gasteiger partial charge in [-0.15, -0.1) is 0 Å². The van der Waals surface area contributed by atoms with E-state index in [2.05, 4.69) is 10.3 Å². The van der Waals surface area contributed by atoms with Crippen molar-refractivity contribution in [2.45, 2.75) is 24.2 Å². The lowest BCUT2D eigenvalue weighted by Crippen LogP contribution is -2.45. The lowest BCUT2D eigenvalue weighted by molar-refractivity contribution is -0.126. The molecule has 3 aromatic rings. The Balaban J connectivity index is 1.44. The summed E-state index contributed by atoms with van der Waals surface area (Å²) >= 11 is 0. The van der Waals surface area contributed by atoms with E-state index in [1.54, 1.807) is 24.4 Å². The molecule has 1 amide bonds. The van der Waals surface area contributed by atoms with Crippen LogP contribution < -0.4 is 5.32 Å². The number of carbonyl (C=O) groups excluding carboxylic acids is 1. The van der Waals surface area contributed by atoms with Gasteiger partial charge in [0.25, 0.3) is 0 Å². The largest absolute Gasteiger partial charge is 0.355 e. The molecule has 0 spiro atoms. The summed E-state index contributed by atoms with van der Waals surface area (Å²) < 4.78 is 28.1. The van der Waals surface area contributed by atoms with Crippen LogP contribution in [0.2, 0.25) is 0 Å². The van der Waals surface area contributed by atoms with Gasteiger partial charge in [-0.1, -0.05) is 48.5 Å². The third-order valence-electron chi connectivity index (χ3n) is 5.52. The van der Waals surface area contributed by atoms with Crippen LogP contribution in [0.3, 0.4) is 0 Å². The Bertz CT molecular complexity index is 1130. The van der Waals surface area contributed by atoms with Crippen LogP contribution in [-0.2, 0) is 21.2 Å². The molecule has 1 saturated heterocycles. The number of amides is 1. The first-order valence-corrected chi connectivity index (χ1v) is 11.7. The molecule has 6 nitrogen and oxygen atoms in total. The molecule has 1 N–H and O–H groups in total. The molecule has 2 heterocycles. The van der Waals surface area contributed by atoms with Crippen molar-refractivity contribution in [2.75, 3.05) is 19.6 Å². The van der Waals surface area contributed by atoms with E-state index in [-0.39, 0.29) is 23.3 Å². The second-order valence-electron chi connectivity index (χ2n) is 7.56. The van der Waals surface area contributed by atoms with E-state index < -0.39 is 10.0 Å². The molecule has 1 atom stereocenters. The van der Waals surface area contributed by atoms with E-state index in [0.29, 0.717) is 31.4 Å². The average Bonchev–Trinajstić information content (AvgIpc) is 2.79. The molecule has 0 saturated carbocycles. The third kappa shape index (κ3) is 4.37. The maximum atomic E-state index is 13.3. The number of aromatic nitrogens is 1. The zero-order valence-corrected chi connectivity index (χ0v) is 17.5. The minimum Gasteiger partial charge on any atom is -0.355 e. The summed E-state index contributed by atoms with van der Waals surface area (Å²) in [7, 11) is -3.73. The average molecular weight is 424 g/mol. The third-order valence-corrected chi connectivity index (χ3v) is 7.42. The van der Waals surface area contributed by atoms with Crippen LogP contribution in [0, 0.1) is 5.92 Å². The van der Waals surface area contributed by atoms with Crippen molar-refractivity contribution in [1.29, 1.82) is 0 Å². The summed E-state index contributed by atoms with van der Waals surface area (Å²) in [6, 6.07) is 18.8. The van der Waals surface area contributed by atoms with E-state index in [1.165, 1.54) is 4.31 Å². The number of rotatable bonds is 6. The molecule has 0 aliphatic carbocycles. The molecule has 1 aromatic heterocycles. The van der Waals surface area contributed by atoms with Crippen molar-refractivity contribution in [3.63, 3.8) is 0 Å². The van der Waals surface area contributed by atoms with E-state index in [4.69, 9.17) is 0 Å². The molecular weight excluding hydrogens is 398 g/mol. The van der Waals surface area contributed by atoms with Gasteiger partial charge in [0.15, 0.2) is 0 Å². The van der Waals surface area contributed by atoms with Gasteiger partial charge >= 0.3 is 0 Å². The highest BCUT2D eigenvalue weighted by Crippen LogP contribution is 2.27. The monoisotopic (exact) mass is 423 g/mol. The van der Waals surface area contributed by atoms with E-state index in [9.17, 15) is 13.2 Å². The molecule has 4 rings (SSSR count). The molecule has 1 fully saturated rings. The second-order valence-corrected chi connectivity index (χ2v) is 9.47. The summed E-state index contributed by atoms with van der Waals surface area (Å²) in [6.07, 6.45) is 3.70. The maximum absolute atomic E-state index is 13.3. The van der Waals surface area contributed by atoms with Crippen LogP contribution in [0.1, 0.15) is 18.4 Å². The summed E-state index contributed by atoms with van der Waals surface area (Å²) in [5, 5.41) is 3.75. The molecule has 30 heavy (non-hydrogen) atoms. The van der Waals surface area contributed by atoms with Gasteiger partial charge in [-0.25, -0.2) is 8.42 Å².